The van der Waals surface area contributed by atoms with Gasteiger partial charge in [-0.25, -0.2) is 4.39 Å². The zero-order chi connectivity index (χ0) is 21.5. The number of carbonyl (C=O) groups is 2. The number of phenolic OH excluding ortho intramolecular Hbond substituents is 1. The number of hydrogen-bond acceptors (Lipinski definition) is 6. The first-order chi connectivity index (χ1) is 14.5. The van der Waals surface area contributed by atoms with Crippen LogP contribution in [0.2, 0.25) is 0 Å². The summed E-state index contributed by atoms with van der Waals surface area (Å²) < 4.78 is 15.4. The maximum absolute atomic E-state index is 13.7. The van der Waals surface area contributed by atoms with Gasteiger partial charge in [0.1, 0.15) is 17.4 Å². The van der Waals surface area contributed by atoms with Crippen LogP contribution in [0.25, 0.3) is 0 Å². The highest BCUT2D eigenvalue weighted by atomic mass is 32.2. The molecule has 1 heterocycles. The van der Waals surface area contributed by atoms with Crippen molar-refractivity contribution in [2.45, 2.75) is 25.0 Å². The second kappa shape index (κ2) is 9.88. The van der Waals surface area contributed by atoms with Crippen molar-refractivity contribution < 1.29 is 19.1 Å². The van der Waals surface area contributed by atoms with Gasteiger partial charge in [0, 0.05) is 18.3 Å². The number of thioether (sulfide) groups is 1. The molecule has 2 amide bonds. The van der Waals surface area contributed by atoms with Crippen molar-refractivity contribution in [3.05, 3.63) is 60.2 Å². The number of benzene rings is 2. The highest BCUT2D eigenvalue weighted by Crippen LogP contribution is 2.20. The first-order valence-corrected chi connectivity index (χ1v) is 10.1. The Morgan fingerprint density at radius 1 is 1.10 bits per heavy atom. The number of rotatable bonds is 8. The molecule has 0 bridgehead atoms. The lowest BCUT2D eigenvalue weighted by Crippen LogP contribution is -2.18. The number of hydrogen-bond donors (Lipinski definition) is 3. The minimum Gasteiger partial charge on any atom is -0.508 e. The summed E-state index contributed by atoms with van der Waals surface area (Å²) in [7, 11) is 0. The van der Waals surface area contributed by atoms with Crippen LogP contribution in [0.15, 0.2) is 53.7 Å². The molecule has 0 aliphatic rings. The number of phenols is 1. The van der Waals surface area contributed by atoms with Crippen LogP contribution in [-0.4, -0.2) is 37.4 Å². The van der Waals surface area contributed by atoms with Crippen molar-refractivity contribution in [2.75, 3.05) is 16.4 Å². The molecule has 2 aromatic carbocycles. The van der Waals surface area contributed by atoms with Gasteiger partial charge in [-0.3, -0.25) is 9.59 Å². The quantitative estimate of drug-likeness (QED) is 0.475. The number of carbonyl (C=O) groups excluding carboxylic acids is 2. The van der Waals surface area contributed by atoms with Gasteiger partial charge in [0.15, 0.2) is 5.16 Å². The molecule has 156 valence electrons. The predicted molar refractivity (Wildman–Crippen MR) is 112 cm³/mol. The Labute approximate surface area is 176 Å². The van der Waals surface area contributed by atoms with Crippen LogP contribution >= 0.6 is 11.8 Å². The van der Waals surface area contributed by atoms with Gasteiger partial charge in [0.2, 0.25) is 11.8 Å². The SMILES string of the molecule is CCn1c(CC(=O)Nc2ccccc2F)nnc1SCC(=O)Nc1cccc(O)c1. The van der Waals surface area contributed by atoms with Gasteiger partial charge in [-0.15, -0.1) is 10.2 Å². The standard InChI is InChI=1S/C20H20FN5O3S/c1-2-26-17(11-18(28)23-16-9-4-3-8-15(16)21)24-25-20(26)30-12-19(29)22-13-6-5-7-14(27)10-13/h3-10,27H,2,11-12H2,1H3,(H,22,29)(H,23,28). The molecule has 0 fully saturated rings. The fourth-order valence-corrected chi connectivity index (χ4v) is 3.51. The molecule has 3 N–H and O–H groups in total. The van der Waals surface area contributed by atoms with Crippen molar-refractivity contribution in [1.29, 1.82) is 0 Å². The van der Waals surface area contributed by atoms with E-state index in [9.17, 15) is 19.1 Å². The Morgan fingerprint density at radius 3 is 2.63 bits per heavy atom. The van der Waals surface area contributed by atoms with Crippen LogP contribution in [0.5, 0.6) is 5.75 Å². The van der Waals surface area contributed by atoms with Crippen LogP contribution in [0, 0.1) is 5.82 Å². The topological polar surface area (TPSA) is 109 Å². The van der Waals surface area contributed by atoms with E-state index in [1.807, 2.05) is 6.92 Å². The van der Waals surface area contributed by atoms with Crippen LogP contribution in [0.3, 0.4) is 0 Å². The summed E-state index contributed by atoms with van der Waals surface area (Å²) >= 11 is 1.18. The summed E-state index contributed by atoms with van der Waals surface area (Å²) in [4.78, 5) is 24.4. The normalized spacial score (nSPS) is 10.6. The van der Waals surface area contributed by atoms with Gasteiger partial charge >= 0.3 is 0 Å². The van der Waals surface area contributed by atoms with E-state index >= 15 is 0 Å². The van der Waals surface area contributed by atoms with Gasteiger partial charge in [-0.1, -0.05) is 30.0 Å². The molecule has 0 spiro atoms. The average Bonchev–Trinajstić information content (AvgIpc) is 3.09. The van der Waals surface area contributed by atoms with Crippen molar-refractivity contribution >= 4 is 35.0 Å². The van der Waals surface area contributed by atoms with Gasteiger partial charge in [-0.05, 0) is 31.2 Å². The van der Waals surface area contributed by atoms with Gasteiger partial charge in [0.05, 0.1) is 17.9 Å². The minimum atomic E-state index is -0.517. The first-order valence-electron chi connectivity index (χ1n) is 9.14. The smallest absolute Gasteiger partial charge is 0.234 e. The Bertz CT molecular complexity index is 1060. The summed E-state index contributed by atoms with van der Waals surface area (Å²) in [6.45, 7) is 2.38. The Kier molecular flexibility index (Phi) is 7.02. The largest absolute Gasteiger partial charge is 0.508 e. The molecule has 0 aliphatic carbocycles. The van der Waals surface area contributed by atoms with Crippen LogP contribution < -0.4 is 10.6 Å². The summed E-state index contributed by atoms with van der Waals surface area (Å²) in [6, 6.07) is 12.2. The lowest BCUT2D eigenvalue weighted by Gasteiger charge is -2.09. The Balaban J connectivity index is 1.59. The third-order valence-corrected chi connectivity index (χ3v) is 5.01. The summed E-state index contributed by atoms with van der Waals surface area (Å²) in [5.74, 6) is -0.645. The molecular formula is C20H20FN5O3S. The van der Waals surface area contributed by atoms with E-state index in [-0.39, 0.29) is 29.5 Å². The summed E-state index contributed by atoms with van der Waals surface area (Å²) in [6.07, 6.45) is -0.0782. The van der Waals surface area contributed by atoms with E-state index in [0.717, 1.165) is 0 Å². The Hall–Kier alpha value is -3.40. The molecule has 0 atom stereocenters. The average molecular weight is 429 g/mol. The molecule has 0 unspecified atom stereocenters. The molecule has 10 heteroatoms. The zero-order valence-electron chi connectivity index (χ0n) is 16.1. The monoisotopic (exact) mass is 429 g/mol. The second-order valence-electron chi connectivity index (χ2n) is 6.24. The number of aromatic hydroxyl groups is 1. The molecule has 30 heavy (non-hydrogen) atoms. The number of halogens is 1. The molecular weight excluding hydrogens is 409 g/mol. The van der Waals surface area contributed by atoms with Gasteiger partial charge < -0.3 is 20.3 Å². The van der Waals surface area contributed by atoms with Crippen molar-refractivity contribution in [2.24, 2.45) is 0 Å². The lowest BCUT2D eigenvalue weighted by molar-refractivity contribution is -0.116. The third-order valence-electron chi connectivity index (χ3n) is 4.04. The summed E-state index contributed by atoms with van der Waals surface area (Å²) in [5.41, 5.74) is 0.589. The molecule has 3 aromatic rings. The molecule has 3 rings (SSSR count). The highest BCUT2D eigenvalue weighted by molar-refractivity contribution is 7.99. The van der Waals surface area contributed by atoms with E-state index in [1.54, 1.807) is 28.8 Å². The van der Waals surface area contributed by atoms with Gasteiger partial charge in [-0.2, -0.15) is 0 Å². The fourth-order valence-electron chi connectivity index (χ4n) is 2.69. The van der Waals surface area contributed by atoms with Gasteiger partial charge in [0.25, 0.3) is 0 Å². The van der Waals surface area contributed by atoms with Crippen LogP contribution in [0.1, 0.15) is 12.7 Å². The number of aromatic nitrogens is 3. The van der Waals surface area contributed by atoms with Crippen LogP contribution in [-0.2, 0) is 22.6 Å². The summed E-state index contributed by atoms with van der Waals surface area (Å²) in [5, 5.41) is 23.2. The van der Waals surface area contributed by atoms with Crippen molar-refractivity contribution in [3.8, 4) is 5.75 Å². The number of para-hydroxylation sites is 1. The molecule has 1 aromatic heterocycles. The Morgan fingerprint density at radius 2 is 1.90 bits per heavy atom. The molecule has 0 saturated carbocycles. The number of nitrogens with zero attached hydrogens (tertiary/aromatic N) is 3. The van der Waals surface area contributed by atoms with Crippen LogP contribution in [0.4, 0.5) is 15.8 Å². The number of anilines is 2. The first kappa shape index (κ1) is 21.3. The van der Waals surface area contributed by atoms with Crippen molar-refractivity contribution in [3.63, 3.8) is 0 Å². The molecule has 0 saturated heterocycles. The maximum Gasteiger partial charge on any atom is 0.234 e. The van der Waals surface area contributed by atoms with E-state index in [1.165, 1.54) is 36.0 Å². The molecule has 8 nitrogen and oxygen atoms in total. The van der Waals surface area contributed by atoms with Crippen molar-refractivity contribution in [1.82, 2.24) is 14.8 Å². The molecule has 0 aliphatic heterocycles. The number of nitrogens with one attached hydrogen (secondary N) is 2. The van der Waals surface area contributed by atoms with E-state index in [4.69, 9.17) is 0 Å². The van der Waals surface area contributed by atoms with E-state index in [2.05, 4.69) is 20.8 Å². The number of amides is 2. The van der Waals surface area contributed by atoms with E-state index in [0.29, 0.717) is 23.2 Å². The highest BCUT2D eigenvalue weighted by Gasteiger charge is 2.17. The lowest BCUT2D eigenvalue weighted by atomic mass is 10.3. The van der Waals surface area contributed by atoms with E-state index < -0.39 is 11.7 Å². The zero-order valence-corrected chi connectivity index (χ0v) is 16.9. The fraction of sp³-hybridized carbons (Fsp3) is 0.200. The predicted octanol–water partition coefficient (Wildman–Crippen LogP) is 3.05. The molecule has 0 radical (unpaired) electrons. The second-order valence-corrected chi connectivity index (χ2v) is 7.18. The minimum absolute atomic E-state index is 0.0597. The maximum atomic E-state index is 13.7. The third kappa shape index (κ3) is 5.57.